The fourth-order valence-electron chi connectivity index (χ4n) is 2.69. The minimum absolute atomic E-state index is 0.247. The van der Waals surface area contributed by atoms with E-state index in [1.165, 1.54) is 12.1 Å². The summed E-state index contributed by atoms with van der Waals surface area (Å²) in [7, 11) is 0. The lowest BCUT2D eigenvalue weighted by Gasteiger charge is -2.31. The van der Waals surface area contributed by atoms with Crippen molar-refractivity contribution in [1.29, 1.82) is 0 Å². The summed E-state index contributed by atoms with van der Waals surface area (Å²) in [6, 6.07) is 4.65. The summed E-state index contributed by atoms with van der Waals surface area (Å²) in [6.45, 7) is 0.442. The molecule has 2 nitrogen and oxygen atoms in total. The second-order valence-electron chi connectivity index (χ2n) is 4.89. The number of benzene rings is 1. The Kier molecular flexibility index (Phi) is 3.85. The molecule has 1 saturated carbocycles. The van der Waals surface area contributed by atoms with E-state index < -0.39 is 0 Å². The van der Waals surface area contributed by atoms with Gasteiger partial charge in [0, 0.05) is 16.4 Å². The van der Waals surface area contributed by atoms with Gasteiger partial charge in [0.1, 0.15) is 5.82 Å². The fourth-order valence-corrected chi connectivity index (χ4v) is 3.08. The van der Waals surface area contributed by atoms with Gasteiger partial charge in [0.05, 0.1) is 6.10 Å². The van der Waals surface area contributed by atoms with E-state index in [0.29, 0.717) is 13.0 Å². The Hall–Kier alpha value is -0.450. The zero-order chi connectivity index (χ0) is 12.5. The first-order chi connectivity index (χ1) is 8.07. The molecule has 0 aliphatic heterocycles. The highest BCUT2D eigenvalue weighted by atomic mass is 79.9. The van der Waals surface area contributed by atoms with Gasteiger partial charge < -0.3 is 10.8 Å². The summed E-state index contributed by atoms with van der Waals surface area (Å²) in [5, 5.41) is 10.1. The van der Waals surface area contributed by atoms with E-state index in [1.807, 2.05) is 0 Å². The van der Waals surface area contributed by atoms with Crippen LogP contribution in [-0.2, 0) is 6.42 Å². The van der Waals surface area contributed by atoms with Crippen molar-refractivity contribution in [3.63, 3.8) is 0 Å². The molecule has 0 aromatic heterocycles. The van der Waals surface area contributed by atoms with Crippen LogP contribution in [0.3, 0.4) is 0 Å². The Morgan fingerprint density at radius 2 is 2.29 bits per heavy atom. The first kappa shape index (κ1) is 13.0. The average Bonchev–Trinajstić information content (AvgIpc) is 2.66. The van der Waals surface area contributed by atoms with Gasteiger partial charge in [-0.2, -0.15) is 0 Å². The minimum atomic E-state index is -0.373. The first-order valence-corrected chi connectivity index (χ1v) is 6.69. The zero-order valence-electron chi connectivity index (χ0n) is 9.63. The molecule has 2 atom stereocenters. The molecular weight excluding hydrogens is 285 g/mol. The van der Waals surface area contributed by atoms with Crippen LogP contribution in [-0.4, -0.2) is 17.8 Å². The van der Waals surface area contributed by atoms with Crippen molar-refractivity contribution in [2.24, 2.45) is 11.1 Å². The number of rotatable bonds is 3. The smallest absolute Gasteiger partial charge is 0.123 e. The molecule has 17 heavy (non-hydrogen) atoms. The van der Waals surface area contributed by atoms with E-state index in [4.69, 9.17) is 5.73 Å². The molecule has 0 amide bonds. The first-order valence-electron chi connectivity index (χ1n) is 5.89. The molecule has 1 fully saturated rings. The van der Waals surface area contributed by atoms with Gasteiger partial charge in [-0.15, -0.1) is 0 Å². The number of hydrogen-bond acceptors (Lipinski definition) is 2. The van der Waals surface area contributed by atoms with E-state index in [1.54, 1.807) is 6.07 Å². The summed E-state index contributed by atoms with van der Waals surface area (Å²) >= 11 is 3.42. The molecule has 0 spiro atoms. The molecule has 4 heteroatoms. The normalized spacial score (nSPS) is 28.6. The van der Waals surface area contributed by atoms with Crippen LogP contribution in [0.2, 0.25) is 0 Å². The molecule has 3 N–H and O–H groups in total. The Morgan fingerprint density at radius 3 is 2.88 bits per heavy atom. The SMILES string of the molecule is NCC1(Cc2cc(F)ccc2Br)CCCC1O. The predicted molar refractivity (Wildman–Crippen MR) is 69.1 cm³/mol. The lowest BCUT2D eigenvalue weighted by molar-refractivity contribution is 0.0587. The van der Waals surface area contributed by atoms with Gasteiger partial charge in [0.25, 0.3) is 0 Å². The Morgan fingerprint density at radius 1 is 1.53 bits per heavy atom. The summed E-state index contributed by atoms with van der Waals surface area (Å²) < 4.78 is 14.1. The highest BCUT2D eigenvalue weighted by Gasteiger charge is 2.41. The van der Waals surface area contributed by atoms with Crippen molar-refractivity contribution < 1.29 is 9.50 Å². The number of nitrogens with two attached hydrogens (primary N) is 1. The summed E-state index contributed by atoms with van der Waals surface area (Å²) in [5.41, 5.74) is 6.43. The van der Waals surface area contributed by atoms with Crippen molar-refractivity contribution in [1.82, 2.24) is 0 Å². The van der Waals surface area contributed by atoms with Gasteiger partial charge in [0.2, 0.25) is 0 Å². The highest BCUT2D eigenvalue weighted by Crippen LogP contribution is 2.41. The number of halogens is 2. The van der Waals surface area contributed by atoms with E-state index in [9.17, 15) is 9.50 Å². The maximum absolute atomic E-state index is 13.2. The summed E-state index contributed by atoms with van der Waals surface area (Å²) in [5.74, 6) is -0.247. The molecule has 2 unspecified atom stereocenters. The van der Waals surface area contributed by atoms with Crippen molar-refractivity contribution >= 4 is 15.9 Å². The van der Waals surface area contributed by atoms with Gasteiger partial charge >= 0.3 is 0 Å². The molecule has 0 bridgehead atoms. The molecule has 94 valence electrons. The minimum Gasteiger partial charge on any atom is -0.392 e. The quantitative estimate of drug-likeness (QED) is 0.901. The van der Waals surface area contributed by atoms with Crippen LogP contribution in [0, 0.1) is 11.2 Å². The van der Waals surface area contributed by atoms with Gasteiger partial charge in [-0.3, -0.25) is 0 Å². The molecule has 0 heterocycles. The van der Waals surface area contributed by atoms with Crippen molar-refractivity contribution in [2.45, 2.75) is 31.8 Å². The van der Waals surface area contributed by atoms with Crippen LogP contribution in [0.15, 0.2) is 22.7 Å². The van der Waals surface area contributed by atoms with Crippen molar-refractivity contribution in [2.75, 3.05) is 6.54 Å². The molecule has 2 rings (SSSR count). The van der Waals surface area contributed by atoms with Gasteiger partial charge in [0.15, 0.2) is 0 Å². The van der Waals surface area contributed by atoms with Gasteiger partial charge in [-0.1, -0.05) is 22.4 Å². The van der Waals surface area contributed by atoms with Gasteiger partial charge in [-0.05, 0) is 43.0 Å². The summed E-state index contributed by atoms with van der Waals surface area (Å²) in [6.07, 6.45) is 2.95. The third kappa shape index (κ3) is 2.54. The molecule has 1 aromatic carbocycles. The third-order valence-corrected chi connectivity index (χ3v) is 4.59. The molecular formula is C13H17BrFNO. The van der Waals surface area contributed by atoms with Crippen molar-refractivity contribution in [3.05, 3.63) is 34.1 Å². The lowest BCUT2D eigenvalue weighted by Crippen LogP contribution is -2.39. The molecule has 1 aromatic rings. The maximum atomic E-state index is 13.2. The fraction of sp³-hybridized carbons (Fsp3) is 0.538. The Labute approximate surface area is 109 Å². The van der Waals surface area contributed by atoms with E-state index in [0.717, 1.165) is 29.3 Å². The number of aliphatic hydroxyl groups is 1. The third-order valence-electron chi connectivity index (χ3n) is 3.82. The van der Waals surface area contributed by atoms with E-state index >= 15 is 0 Å². The largest absolute Gasteiger partial charge is 0.392 e. The van der Waals surface area contributed by atoms with Crippen LogP contribution < -0.4 is 5.73 Å². The Bertz CT molecular complexity index is 412. The van der Waals surface area contributed by atoms with E-state index in [-0.39, 0.29) is 17.3 Å². The standard InChI is InChI=1S/C13H17BrFNO/c14-11-4-3-10(15)6-9(11)7-13(8-16)5-1-2-12(13)17/h3-4,6,12,17H,1-2,5,7-8,16H2. The van der Waals surface area contributed by atoms with Crippen LogP contribution in [0.5, 0.6) is 0 Å². The second-order valence-corrected chi connectivity index (χ2v) is 5.74. The Balaban J connectivity index is 2.27. The average molecular weight is 302 g/mol. The van der Waals surface area contributed by atoms with Crippen LogP contribution in [0.25, 0.3) is 0 Å². The van der Waals surface area contributed by atoms with Crippen LogP contribution >= 0.6 is 15.9 Å². The van der Waals surface area contributed by atoms with Gasteiger partial charge in [-0.25, -0.2) is 4.39 Å². The summed E-state index contributed by atoms with van der Waals surface area (Å²) in [4.78, 5) is 0. The topological polar surface area (TPSA) is 46.2 Å². The van der Waals surface area contributed by atoms with Crippen LogP contribution in [0.1, 0.15) is 24.8 Å². The second kappa shape index (κ2) is 5.04. The maximum Gasteiger partial charge on any atom is 0.123 e. The molecule has 1 aliphatic rings. The van der Waals surface area contributed by atoms with Crippen LogP contribution in [0.4, 0.5) is 4.39 Å². The predicted octanol–water partition coefficient (Wildman–Crippen LogP) is 2.62. The monoisotopic (exact) mass is 301 g/mol. The molecule has 1 aliphatic carbocycles. The number of hydrogen-bond donors (Lipinski definition) is 2. The van der Waals surface area contributed by atoms with E-state index in [2.05, 4.69) is 15.9 Å². The number of aliphatic hydroxyl groups excluding tert-OH is 1. The lowest BCUT2D eigenvalue weighted by atomic mass is 9.78. The van der Waals surface area contributed by atoms with Crippen molar-refractivity contribution in [3.8, 4) is 0 Å². The highest BCUT2D eigenvalue weighted by molar-refractivity contribution is 9.10. The zero-order valence-corrected chi connectivity index (χ0v) is 11.2. The molecule has 0 saturated heterocycles. The molecule has 0 radical (unpaired) electrons.